The number of carbonyl (C=O) groups excluding carboxylic acids is 2. The first-order chi connectivity index (χ1) is 10.8. The summed E-state index contributed by atoms with van der Waals surface area (Å²) >= 11 is 0. The number of carboxylic acids is 2. The number of carbonyl (C=O) groups is 4. The van der Waals surface area contributed by atoms with E-state index < -0.39 is 48.5 Å². The number of rotatable bonds is 9. The topological polar surface area (TPSA) is 165 Å². The van der Waals surface area contributed by atoms with Gasteiger partial charge in [-0.05, 0) is 25.8 Å². The lowest BCUT2D eigenvalue weighted by atomic mass is 10.1. The molecule has 1 heterocycles. The van der Waals surface area contributed by atoms with Crippen molar-refractivity contribution in [1.29, 1.82) is 0 Å². The first-order valence-electron chi connectivity index (χ1n) is 7.24. The van der Waals surface area contributed by atoms with E-state index in [9.17, 15) is 19.2 Å². The Morgan fingerprint density at radius 3 is 2.30 bits per heavy atom. The molecule has 0 aromatic heterocycles. The van der Waals surface area contributed by atoms with Crippen LogP contribution in [0.5, 0.6) is 0 Å². The molecule has 3 atom stereocenters. The number of hydrogen-bond donors (Lipinski definition) is 6. The zero-order chi connectivity index (χ0) is 17.4. The van der Waals surface area contributed by atoms with Gasteiger partial charge in [0.1, 0.15) is 12.1 Å². The summed E-state index contributed by atoms with van der Waals surface area (Å²) in [7, 11) is 0. The van der Waals surface area contributed by atoms with Gasteiger partial charge in [0.05, 0.1) is 12.6 Å². The summed E-state index contributed by atoms with van der Waals surface area (Å²) in [5, 5.41) is 33.9. The summed E-state index contributed by atoms with van der Waals surface area (Å²) < 4.78 is 0. The van der Waals surface area contributed by atoms with E-state index in [0.717, 1.165) is 6.42 Å². The minimum atomic E-state index is -1.52. The van der Waals surface area contributed by atoms with Gasteiger partial charge in [-0.2, -0.15) is 0 Å². The second-order valence-electron chi connectivity index (χ2n) is 5.22. The molecule has 3 unspecified atom stereocenters. The Bertz CT molecular complexity index is 462. The van der Waals surface area contributed by atoms with Crippen LogP contribution >= 0.6 is 0 Å². The molecule has 0 aromatic carbocycles. The van der Waals surface area contributed by atoms with Crippen molar-refractivity contribution in [3.8, 4) is 0 Å². The number of carboxylic acid groups (broad SMARTS) is 2. The van der Waals surface area contributed by atoms with Gasteiger partial charge in [-0.1, -0.05) is 0 Å². The minimum absolute atomic E-state index is 0.183. The molecule has 1 fully saturated rings. The Balaban J connectivity index is 2.69. The van der Waals surface area contributed by atoms with Crippen molar-refractivity contribution < 1.29 is 34.5 Å². The van der Waals surface area contributed by atoms with Crippen molar-refractivity contribution in [1.82, 2.24) is 16.0 Å². The third kappa shape index (κ3) is 6.20. The molecule has 130 valence electrons. The fourth-order valence-electron chi connectivity index (χ4n) is 2.18. The molecule has 0 bridgehead atoms. The van der Waals surface area contributed by atoms with Crippen molar-refractivity contribution in [2.45, 2.75) is 43.8 Å². The smallest absolute Gasteiger partial charge is 0.328 e. The van der Waals surface area contributed by atoms with Crippen molar-refractivity contribution in [3.63, 3.8) is 0 Å². The maximum Gasteiger partial charge on any atom is 0.328 e. The Labute approximate surface area is 132 Å². The number of hydrogen-bond acceptors (Lipinski definition) is 6. The third-order valence-electron chi connectivity index (χ3n) is 3.45. The van der Waals surface area contributed by atoms with E-state index in [0.29, 0.717) is 13.0 Å². The molecule has 1 aliphatic rings. The highest BCUT2D eigenvalue weighted by molar-refractivity contribution is 5.92. The molecular weight excluding hydrogens is 310 g/mol. The van der Waals surface area contributed by atoms with E-state index in [1.165, 1.54) is 0 Å². The van der Waals surface area contributed by atoms with Crippen LogP contribution in [0.25, 0.3) is 0 Å². The Kier molecular flexibility index (Phi) is 7.42. The molecule has 23 heavy (non-hydrogen) atoms. The normalized spacial score (nSPS) is 19.6. The van der Waals surface area contributed by atoms with E-state index in [1.54, 1.807) is 0 Å². The third-order valence-corrected chi connectivity index (χ3v) is 3.45. The van der Waals surface area contributed by atoms with Gasteiger partial charge >= 0.3 is 11.9 Å². The summed E-state index contributed by atoms with van der Waals surface area (Å²) in [5.74, 6) is -3.86. The van der Waals surface area contributed by atoms with Gasteiger partial charge in [0.15, 0.2) is 0 Å². The fourth-order valence-corrected chi connectivity index (χ4v) is 2.18. The summed E-state index contributed by atoms with van der Waals surface area (Å²) in [6, 6.07) is -3.16. The lowest BCUT2D eigenvalue weighted by molar-refractivity contribution is -0.144. The molecule has 1 aliphatic heterocycles. The van der Waals surface area contributed by atoms with E-state index in [1.807, 2.05) is 0 Å². The average Bonchev–Trinajstić information content (AvgIpc) is 3.02. The monoisotopic (exact) mass is 331 g/mol. The van der Waals surface area contributed by atoms with Crippen LogP contribution in [0, 0.1) is 0 Å². The molecular formula is C13H21N3O7. The average molecular weight is 331 g/mol. The van der Waals surface area contributed by atoms with Crippen LogP contribution in [0.2, 0.25) is 0 Å². The summed E-state index contributed by atoms with van der Waals surface area (Å²) in [6.45, 7) is -0.138. The molecule has 0 saturated carbocycles. The maximum absolute atomic E-state index is 12.1. The van der Waals surface area contributed by atoms with Crippen molar-refractivity contribution in [2.24, 2.45) is 0 Å². The van der Waals surface area contributed by atoms with E-state index >= 15 is 0 Å². The summed E-state index contributed by atoms with van der Waals surface area (Å²) in [6.07, 6.45) is 0.869. The van der Waals surface area contributed by atoms with Crippen LogP contribution in [0.3, 0.4) is 0 Å². The molecule has 2 amide bonds. The highest BCUT2D eigenvalue weighted by atomic mass is 16.4. The molecule has 0 aromatic rings. The lowest BCUT2D eigenvalue weighted by Crippen LogP contribution is -2.55. The van der Waals surface area contributed by atoms with Gasteiger partial charge in [0.2, 0.25) is 11.8 Å². The number of aliphatic carboxylic acids is 2. The zero-order valence-electron chi connectivity index (χ0n) is 12.4. The largest absolute Gasteiger partial charge is 0.481 e. The Morgan fingerprint density at radius 1 is 1.13 bits per heavy atom. The number of amides is 2. The molecule has 10 heteroatoms. The Morgan fingerprint density at radius 2 is 1.83 bits per heavy atom. The second kappa shape index (κ2) is 9.06. The van der Waals surface area contributed by atoms with Crippen LogP contribution < -0.4 is 16.0 Å². The van der Waals surface area contributed by atoms with Crippen molar-refractivity contribution in [3.05, 3.63) is 0 Å². The van der Waals surface area contributed by atoms with E-state index in [2.05, 4.69) is 16.0 Å². The minimum Gasteiger partial charge on any atom is -0.481 e. The van der Waals surface area contributed by atoms with Crippen LogP contribution in [-0.4, -0.2) is 70.3 Å². The van der Waals surface area contributed by atoms with Gasteiger partial charge in [-0.25, -0.2) is 4.79 Å². The summed E-state index contributed by atoms with van der Waals surface area (Å²) in [5.41, 5.74) is 0. The van der Waals surface area contributed by atoms with Crippen LogP contribution in [0.15, 0.2) is 0 Å². The van der Waals surface area contributed by atoms with Gasteiger partial charge in [-0.3, -0.25) is 14.4 Å². The van der Waals surface area contributed by atoms with E-state index in [4.69, 9.17) is 15.3 Å². The molecule has 10 nitrogen and oxygen atoms in total. The summed E-state index contributed by atoms with van der Waals surface area (Å²) in [4.78, 5) is 45.6. The number of nitrogens with one attached hydrogen (secondary N) is 3. The van der Waals surface area contributed by atoms with Crippen LogP contribution in [-0.2, 0) is 19.2 Å². The molecule has 1 rings (SSSR count). The molecule has 0 spiro atoms. The second-order valence-corrected chi connectivity index (χ2v) is 5.22. The lowest BCUT2D eigenvalue weighted by Gasteiger charge is -2.21. The van der Waals surface area contributed by atoms with Gasteiger partial charge in [0, 0.05) is 6.42 Å². The van der Waals surface area contributed by atoms with Crippen LogP contribution in [0.1, 0.15) is 25.7 Å². The first-order valence-corrected chi connectivity index (χ1v) is 7.24. The van der Waals surface area contributed by atoms with Gasteiger partial charge in [-0.15, -0.1) is 0 Å². The SMILES string of the molecule is O=C(O)CCC(NC(=O)C1CCCN1)C(=O)NC(CO)C(=O)O. The molecule has 1 saturated heterocycles. The Hall–Kier alpha value is -2.20. The highest BCUT2D eigenvalue weighted by Crippen LogP contribution is 2.07. The van der Waals surface area contributed by atoms with Gasteiger partial charge in [0.25, 0.3) is 0 Å². The predicted octanol–water partition coefficient (Wildman–Crippen LogP) is -2.35. The number of aliphatic hydroxyl groups excluding tert-OH is 1. The standard InChI is InChI=1S/C13H21N3O7/c17-6-9(13(22)23)16-12(21)8(3-4-10(18)19)15-11(20)7-2-1-5-14-7/h7-9,14,17H,1-6H2,(H,15,20)(H,16,21)(H,18,19)(H,22,23). The maximum atomic E-state index is 12.1. The first kappa shape index (κ1) is 18.8. The molecule has 0 aliphatic carbocycles. The number of aliphatic hydroxyl groups is 1. The van der Waals surface area contributed by atoms with Crippen LogP contribution in [0.4, 0.5) is 0 Å². The highest BCUT2D eigenvalue weighted by Gasteiger charge is 2.29. The fraction of sp³-hybridized carbons (Fsp3) is 0.692. The zero-order valence-corrected chi connectivity index (χ0v) is 12.4. The van der Waals surface area contributed by atoms with Crippen molar-refractivity contribution >= 4 is 23.8 Å². The molecule has 0 radical (unpaired) electrons. The van der Waals surface area contributed by atoms with E-state index in [-0.39, 0.29) is 12.8 Å². The predicted molar refractivity (Wildman–Crippen MR) is 76.5 cm³/mol. The van der Waals surface area contributed by atoms with Gasteiger partial charge < -0.3 is 31.3 Å². The molecule has 6 N–H and O–H groups in total. The van der Waals surface area contributed by atoms with Crippen molar-refractivity contribution in [2.75, 3.05) is 13.2 Å². The quantitative estimate of drug-likeness (QED) is 0.273.